The number of nitrogens with zero attached hydrogens (tertiary/aromatic N) is 4. The van der Waals surface area contributed by atoms with Crippen LogP contribution in [0, 0.1) is 0 Å². The lowest BCUT2D eigenvalue weighted by atomic mass is 10.1. The Bertz CT molecular complexity index is 917. The van der Waals surface area contributed by atoms with Crippen LogP contribution in [0.5, 0.6) is 5.75 Å². The van der Waals surface area contributed by atoms with Gasteiger partial charge in [-0.05, 0) is 42.2 Å². The van der Waals surface area contributed by atoms with Crippen LogP contribution in [0.25, 0.3) is 11.0 Å². The molecule has 0 spiro atoms. The van der Waals surface area contributed by atoms with E-state index in [2.05, 4.69) is 28.3 Å². The molecule has 1 fully saturated rings. The van der Waals surface area contributed by atoms with Crippen molar-refractivity contribution in [3.05, 3.63) is 53.9 Å². The molecule has 0 saturated carbocycles. The summed E-state index contributed by atoms with van der Waals surface area (Å²) in [5, 5.41) is 5.48. The number of likely N-dealkylation sites (tertiary alicyclic amines) is 1. The molecule has 6 heteroatoms. The maximum atomic E-state index is 11.7. The third-order valence-corrected chi connectivity index (χ3v) is 4.85. The molecule has 134 valence electrons. The number of carbonyl (C=O) groups is 1. The smallest absolute Gasteiger partial charge is 0.222 e. The number of aromatic nitrogens is 3. The van der Waals surface area contributed by atoms with Gasteiger partial charge in [-0.3, -0.25) is 4.79 Å². The first kappa shape index (κ1) is 16.6. The Balaban J connectivity index is 1.46. The first-order chi connectivity index (χ1) is 12.7. The molecule has 2 aromatic heterocycles. The van der Waals surface area contributed by atoms with Crippen LogP contribution in [0.3, 0.4) is 0 Å². The predicted octanol–water partition coefficient (Wildman–Crippen LogP) is 2.65. The average molecular weight is 350 g/mol. The number of benzene rings is 1. The summed E-state index contributed by atoms with van der Waals surface area (Å²) in [5.41, 5.74) is 3.24. The Labute approximate surface area is 152 Å². The van der Waals surface area contributed by atoms with E-state index >= 15 is 0 Å². The molecule has 0 atom stereocenters. The van der Waals surface area contributed by atoms with E-state index < -0.39 is 0 Å². The normalized spacial score (nSPS) is 14.3. The second-order valence-electron chi connectivity index (χ2n) is 6.63. The summed E-state index contributed by atoms with van der Waals surface area (Å²) in [6.07, 6.45) is 6.22. The number of pyridine rings is 1. The van der Waals surface area contributed by atoms with Gasteiger partial charge in [0.2, 0.25) is 5.91 Å². The van der Waals surface area contributed by atoms with Gasteiger partial charge >= 0.3 is 0 Å². The first-order valence-electron chi connectivity index (χ1n) is 8.94. The monoisotopic (exact) mass is 350 g/mol. The summed E-state index contributed by atoms with van der Waals surface area (Å²) >= 11 is 0. The average Bonchev–Trinajstić information content (AvgIpc) is 3.26. The molecule has 0 radical (unpaired) electrons. The molecular weight excluding hydrogens is 328 g/mol. The SMILES string of the molecule is COc1ccc(Cc2cnc3c(cnn3CCN3CCCC3=O)c2)cc1. The number of hydrogen-bond acceptors (Lipinski definition) is 4. The highest BCUT2D eigenvalue weighted by atomic mass is 16.5. The van der Waals surface area contributed by atoms with Crippen LogP contribution in [0.1, 0.15) is 24.0 Å². The first-order valence-corrected chi connectivity index (χ1v) is 8.94. The van der Waals surface area contributed by atoms with Crippen molar-refractivity contribution < 1.29 is 9.53 Å². The molecule has 4 rings (SSSR count). The second-order valence-corrected chi connectivity index (χ2v) is 6.63. The molecule has 3 aromatic rings. The van der Waals surface area contributed by atoms with Gasteiger partial charge in [0.15, 0.2) is 5.65 Å². The molecule has 0 N–H and O–H groups in total. The number of rotatable bonds is 6. The lowest BCUT2D eigenvalue weighted by Crippen LogP contribution is -2.28. The van der Waals surface area contributed by atoms with Crippen molar-refractivity contribution in [2.24, 2.45) is 0 Å². The largest absolute Gasteiger partial charge is 0.497 e. The maximum Gasteiger partial charge on any atom is 0.222 e. The van der Waals surface area contributed by atoms with Gasteiger partial charge in [0.25, 0.3) is 0 Å². The molecule has 0 bridgehead atoms. The third-order valence-electron chi connectivity index (χ3n) is 4.85. The highest BCUT2D eigenvalue weighted by Gasteiger charge is 2.19. The Morgan fingerprint density at radius 1 is 1.12 bits per heavy atom. The summed E-state index contributed by atoms with van der Waals surface area (Å²) in [6.45, 7) is 2.24. The molecule has 1 amide bonds. The molecule has 0 aliphatic carbocycles. The van der Waals surface area contributed by atoms with Gasteiger partial charge in [-0.25, -0.2) is 9.67 Å². The van der Waals surface area contributed by atoms with Crippen LogP contribution in [0.2, 0.25) is 0 Å². The fraction of sp³-hybridized carbons (Fsp3) is 0.350. The molecule has 6 nitrogen and oxygen atoms in total. The van der Waals surface area contributed by atoms with Crippen LogP contribution in [-0.4, -0.2) is 45.8 Å². The van der Waals surface area contributed by atoms with E-state index in [1.807, 2.05) is 34.1 Å². The van der Waals surface area contributed by atoms with E-state index in [-0.39, 0.29) is 5.91 Å². The minimum absolute atomic E-state index is 0.246. The van der Waals surface area contributed by atoms with Gasteiger partial charge < -0.3 is 9.64 Å². The molecule has 1 aliphatic rings. The molecular formula is C20H22N4O2. The number of amides is 1. The molecule has 1 aliphatic heterocycles. The van der Waals surface area contributed by atoms with Crippen molar-refractivity contribution in [2.45, 2.75) is 25.8 Å². The van der Waals surface area contributed by atoms with E-state index in [4.69, 9.17) is 4.74 Å². The zero-order valence-corrected chi connectivity index (χ0v) is 14.9. The number of methoxy groups -OCH3 is 1. The van der Waals surface area contributed by atoms with Gasteiger partial charge in [-0.15, -0.1) is 0 Å². The lowest BCUT2D eigenvalue weighted by Gasteiger charge is -2.15. The number of carbonyl (C=O) groups excluding carboxylic acids is 1. The number of ether oxygens (including phenoxy) is 1. The Morgan fingerprint density at radius 2 is 1.96 bits per heavy atom. The van der Waals surface area contributed by atoms with Crippen molar-refractivity contribution in [1.82, 2.24) is 19.7 Å². The topological polar surface area (TPSA) is 60.3 Å². The highest BCUT2D eigenvalue weighted by Crippen LogP contribution is 2.18. The molecule has 1 saturated heterocycles. The van der Waals surface area contributed by atoms with Gasteiger partial charge in [-0.2, -0.15) is 5.10 Å². The summed E-state index contributed by atoms with van der Waals surface area (Å²) in [5.74, 6) is 1.11. The van der Waals surface area contributed by atoms with E-state index in [1.165, 1.54) is 5.56 Å². The predicted molar refractivity (Wildman–Crippen MR) is 99.1 cm³/mol. The van der Waals surface area contributed by atoms with Crippen LogP contribution in [0.15, 0.2) is 42.7 Å². The summed E-state index contributed by atoms with van der Waals surface area (Å²) in [4.78, 5) is 18.2. The van der Waals surface area contributed by atoms with Crippen molar-refractivity contribution in [3.63, 3.8) is 0 Å². The fourth-order valence-electron chi connectivity index (χ4n) is 3.41. The Hall–Kier alpha value is -2.89. The summed E-state index contributed by atoms with van der Waals surface area (Å²) in [7, 11) is 1.67. The molecule has 0 unspecified atom stereocenters. The van der Waals surface area contributed by atoms with E-state index in [1.54, 1.807) is 7.11 Å². The van der Waals surface area contributed by atoms with Gasteiger partial charge in [0, 0.05) is 31.1 Å². The van der Waals surface area contributed by atoms with E-state index in [0.717, 1.165) is 41.7 Å². The van der Waals surface area contributed by atoms with Crippen LogP contribution >= 0.6 is 0 Å². The summed E-state index contributed by atoms with van der Waals surface area (Å²) < 4.78 is 7.09. The van der Waals surface area contributed by atoms with Crippen molar-refractivity contribution in [3.8, 4) is 5.75 Å². The molecule has 26 heavy (non-hydrogen) atoms. The van der Waals surface area contributed by atoms with Crippen molar-refractivity contribution in [1.29, 1.82) is 0 Å². The number of fused-ring (bicyclic) bond motifs is 1. The quantitative estimate of drug-likeness (QED) is 0.686. The zero-order valence-electron chi connectivity index (χ0n) is 14.9. The highest BCUT2D eigenvalue weighted by molar-refractivity contribution is 5.78. The van der Waals surface area contributed by atoms with Crippen LogP contribution in [-0.2, 0) is 17.8 Å². The van der Waals surface area contributed by atoms with Crippen LogP contribution < -0.4 is 4.74 Å². The lowest BCUT2D eigenvalue weighted by molar-refractivity contribution is -0.127. The van der Waals surface area contributed by atoms with Gasteiger partial charge in [0.05, 0.1) is 19.9 Å². The molecule has 1 aromatic carbocycles. The molecule has 3 heterocycles. The maximum absolute atomic E-state index is 11.7. The van der Waals surface area contributed by atoms with Gasteiger partial charge in [0.1, 0.15) is 5.75 Å². The fourth-order valence-corrected chi connectivity index (χ4v) is 3.41. The minimum Gasteiger partial charge on any atom is -0.497 e. The standard InChI is InChI=1S/C20H22N4O2/c1-26-18-6-4-15(5-7-18)11-16-12-17-14-22-24(20(17)21-13-16)10-9-23-8-2-3-19(23)25/h4-7,12-14H,2-3,8-11H2,1H3. The van der Waals surface area contributed by atoms with E-state index in [0.29, 0.717) is 19.5 Å². The Morgan fingerprint density at radius 3 is 2.69 bits per heavy atom. The van der Waals surface area contributed by atoms with Gasteiger partial charge in [-0.1, -0.05) is 12.1 Å². The second kappa shape index (κ2) is 7.15. The number of hydrogen-bond donors (Lipinski definition) is 0. The minimum atomic E-state index is 0.246. The van der Waals surface area contributed by atoms with Crippen LogP contribution in [0.4, 0.5) is 0 Å². The Kier molecular flexibility index (Phi) is 4.56. The van der Waals surface area contributed by atoms with Crippen molar-refractivity contribution in [2.75, 3.05) is 20.2 Å². The van der Waals surface area contributed by atoms with Crippen molar-refractivity contribution >= 4 is 16.9 Å². The van der Waals surface area contributed by atoms with E-state index in [9.17, 15) is 4.79 Å². The summed E-state index contributed by atoms with van der Waals surface area (Å²) in [6, 6.07) is 10.2. The zero-order chi connectivity index (χ0) is 17.9. The third kappa shape index (κ3) is 3.40.